The average molecular weight is 201 g/mol. The first-order valence-corrected chi connectivity index (χ1v) is 5.08. The summed E-state index contributed by atoms with van der Waals surface area (Å²) >= 11 is 1.54. The van der Waals surface area contributed by atoms with Gasteiger partial charge in [0.05, 0.1) is 11.6 Å². The number of halogens is 2. The molecule has 0 N–H and O–H groups in total. The fraction of sp³-hybridized carbons (Fsp3) is 0.333. The minimum absolute atomic E-state index is 0.424. The van der Waals surface area contributed by atoms with Crippen LogP contribution >= 0.6 is 11.8 Å². The Balaban J connectivity index is 2.54. The maximum Gasteiger partial charge on any atom is 0.183 e. The van der Waals surface area contributed by atoms with E-state index in [4.69, 9.17) is 0 Å². The van der Waals surface area contributed by atoms with Gasteiger partial charge >= 0.3 is 0 Å². The molecular formula is C9H9F2NS. The number of benzene rings is 1. The van der Waals surface area contributed by atoms with E-state index in [1.54, 1.807) is 17.8 Å². The van der Waals surface area contributed by atoms with Crippen molar-refractivity contribution in [1.82, 2.24) is 0 Å². The Morgan fingerprint density at radius 2 is 2.23 bits per heavy atom. The summed E-state index contributed by atoms with van der Waals surface area (Å²) in [6, 6.07) is 2.81. The molecule has 1 aromatic rings. The second-order valence-electron chi connectivity index (χ2n) is 2.84. The fourth-order valence-corrected chi connectivity index (χ4v) is 2.52. The highest BCUT2D eigenvalue weighted by Gasteiger charge is 2.24. The molecule has 4 heteroatoms. The van der Waals surface area contributed by atoms with Crippen LogP contribution in [-0.4, -0.2) is 12.4 Å². The molecule has 2 rings (SSSR count). The minimum atomic E-state index is -0.764. The van der Waals surface area contributed by atoms with Gasteiger partial charge in [0.1, 0.15) is 0 Å². The summed E-state index contributed by atoms with van der Waals surface area (Å²) in [6.45, 7) is 2.64. The minimum Gasteiger partial charge on any atom is -0.359 e. The monoisotopic (exact) mass is 201 g/mol. The van der Waals surface area contributed by atoms with E-state index in [1.165, 1.54) is 6.07 Å². The fourth-order valence-electron chi connectivity index (χ4n) is 1.39. The quantitative estimate of drug-likeness (QED) is 0.687. The molecule has 0 bridgehead atoms. The molecule has 0 radical (unpaired) electrons. The third-order valence-electron chi connectivity index (χ3n) is 2.11. The molecular weight excluding hydrogens is 192 g/mol. The Morgan fingerprint density at radius 3 is 2.92 bits per heavy atom. The van der Waals surface area contributed by atoms with E-state index in [1.807, 2.05) is 11.8 Å². The maximum absolute atomic E-state index is 13.3. The van der Waals surface area contributed by atoms with E-state index in [-0.39, 0.29) is 0 Å². The number of hydrogen-bond donors (Lipinski definition) is 0. The van der Waals surface area contributed by atoms with Crippen molar-refractivity contribution in [3.8, 4) is 0 Å². The van der Waals surface area contributed by atoms with Crippen LogP contribution in [0, 0.1) is 11.6 Å². The van der Waals surface area contributed by atoms with E-state index in [0.717, 1.165) is 4.90 Å². The number of rotatable bonds is 1. The highest BCUT2D eigenvalue weighted by molar-refractivity contribution is 7.99. The summed E-state index contributed by atoms with van der Waals surface area (Å²) in [5.74, 6) is -0.768. The van der Waals surface area contributed by atoms with Gasteiger partial charge in [-0.05, 0) is 19.1 Å². The molecule has 0 unspecified atom stereocenters. The van der Waals surface area contributed by atoms with Crippen LogP contribution in [0.1, 0.15) is 6.92 Å². The van der Waals surface area contributed by atoms with Gasteiger partial charge < -0.3 is 4.90 Å². The first-order chi connectivity index (χ1) is 6.24. The topological polar surface area (TPSA) is 3.24 Å². The molecule has 70 valence electrons. The first kappa shape index (κ1) is 8.81. The SMILES string of the molecule is CCN1CSc2ccc(F)c(F)c21. The van der Waals surface area contributed by atoms with Crippen molar-refractivity contribution in [1.29, 1.82) is 0 Å². The summed E-state index contributed by atoms with van der Waals surface area (Å²) in [7, 11) is 0. The van der Waals surface area contributed by atoms with Crippen molar-refractivity contribution in [3.05, 3.63) is 23.8 Å². The lowest BCUT2D eigenvalue weighted by molar-refractivity contribution is 0.505. The number of hydrogen-bond acceptors (Lipinski definition) is 2. The van der Waals surface area contributed by atoms with Gasteiger partial charge in [0.15, 0.2) is 11.6 Å². The summed E-state index contributed by atoms with van der Waals surface area (Å²) in [4.78, 5) is 2.67. The second-order valence-corrected chi connectivity index (χ2v) is 3.82. The third-order valence-corrected chi connectivity index (χ3v) is 3.19. The van der Waals surface area contributed by atoms with Crippen LogP contribution in [0.2, 0.25) is 0 Å². The Bertz CT molecular complexity index is 341. The Morgan fingerprint density at radius 1 is 1.46 bits per heavy atom. The second kappa shape index (κ2) is 3.18. The normalized spacial score (nSPS) is 14.8. The van der Waals surface area contributed by atoms with Crippen LogP contribution < -0.4 is 4.90 Å². The summed E-state index contributed by atoms with van der Waals surface area (Å²) in [6.07, 6.45) is 0. The molecule has 1 aromatic carbocycles. The van der Waals surface area contributed by atoms with Crippen LogP contribution in [0.4, 0.5) is 14.5 Å². The number of nitrogens with zero attached hydrogens (tertiary/aromatic N) is 1. The van der Waals surface area contributed by atoms with Crippen LogP contribution in [0.5, 0.6) is 0 Å². The van der Waals surface area contributed by atoms with E-state index in [2.05, 4.69) is 0 Å². The summed E-state index contributed by atoms with van der Waals surface area (Å²) in [5.41, 5.74) is 0.424. The molecule has 1 heterocycles. The highest BCUT2D eigenvalue weighted by atomic mass is 32.2. The van der Waals surface area contributed by atoms with Gasteiger partial charge in [0, 0.05) is 11.4 Å². The molecule has 0 saturated heterocycles. The van der Waals surface area contributed by atoms with Gasteiger partial charge in [-0.25, -0.2) is 8.78 Å². The van der Waals surface area contributed by atoms with Crippen molar-refractivity contribution < 1.29 is 8.78 Å². The van der Waals surface area contributed by atoms with E-state index >= 15 is 0 Å². The molecule has 0 saturated carbocycles. The van der Waals surface area contributed by atoms with Crippen molar-refractivity contribution >= 4 is 17.4 Å². The van der Waals surface area contributed by atoms with E-state index < -0.39 is 11.6 Å². The van der Waals surface area contributed by atoms with Gasteiger partial charge in [-0.15, -0.1) is 11.8 Å². The first-order valence-electron chi connectivity index (χ1n) is 4.09. The lowest BCUT2D eigenvalue weighted by atomic mass is 10.2. The van der Waals surface area contributed by atoms with Crippen LogP contribution in [0.3, 0.4) is 0 Å². The molecule has 0 fully saturated rings. The van der Waals surface area contributed by atoms with Crippen molar-refractivity contribution in [2.45, 2.75) is 11.8 Å². The maximum atomic E-state index is 13.3. The zero-order valence-electron chi connectivity index (χ0n) is 7.18. The van der Waals surface area contributed by atoms with Gasteiger partial charge in [-0.2, -0.15) is 0 Å². The smallest absolute Gasteiger partial charge is 0.183 e. The molecule has 1 nitrogen and oxygen atoms in total. The molecule has 1 aliphatic heterocycles. The molecule has 0 amide bonds. The summed E-state index contributed by atoms with van der Waals surface area (Å²) in [5, 5.41) is 0. The molecule has 13 heavy (non-hydrogen) atoms. The number of fused-ring (bicyclic) bond motifs is 1. The van der Waals surface area contributed by atoms with Crippen molar-refractivity contribution in [2.24, 2.45) is 0 Å². The van der Waals surface area contributed by atoms with Gasteiger partial charge in [-0.3, -0.25) is 0 Å². The van der Waals surface area contributed by atoms with Crippen LogP contribution in [0.25, 0.3) is 0 Å². The Hall–Kier alpha value is -0.770. The Kier molecular flexibility index (Phi) is 2.15. The lowest BCUT2D eigenvalue weighted by Gasteiger charge is -2.15. The van der Waals surface area contributed by atoms with E-state index in [0.29, 0.717) is 18.1 Å². The van der Waals surface area contributed by atoms with Crippen molar-refractivity contribution in [2.75, 3.05) is 17.3 Å². The van der Waals surface area contributed by atoms with E-state index in [9.17, 15) is 8.78 Å². The third kappa shape index (κ3) is 1.29. The molecule has 0 spiro atoms. The lowest BCUT2D eigenvalue weighted by Crippen LogP contribution is -2.19. The molecule has 1 aliphatic rings. The standard InChI is InChI=1S/C9H9F2NS/c1-2-12-5-13-7-4-3-6(10)8(11)9(7)12/h3-4H,2,5H2,1H3. The molecule has 0 atom stereocenters. The Labute approximate surface area is 79.7 Å². The highest BCUT2D eigenvalue weighted by Crippen LogP contribution is 2.40. The number of thioether (sulfide) groups is 1. The average Bonchev–Trinajstić information content (AvgIpc) is 2.55. The zero-order valence-corrected chi connectivity index (χ0v) is 8.00. The predicted molar refractivity (Wildman–Crippen MR) is 50.1 cm³/mol. The van der Waals surface area contributed by atoms with Gasteiger partial charge in [0.25, 0.3) is 0 Å². The number of anilines is 1. The van der Waals surface area contributed by atoms with Crippen molar-refractivity contribution in [3.63, 3.8) is 0 Å². The predicted octanol–water partition coefficient (Wildman–Crippen LogP) is 2.85. The molecule has 0 aliphatic carbocycles. The van der Waals surface area contributed by atoms with Gasteiger partial charge in [-0.1, -0.05) is 0 Å². The zero-order chi connectivity index (χ0) is 9.42. The van der Waals surface area contributed by atoms with Gasteiger partial charge in [0.2, 0.25) is 0 Å². The largest absolute Gasteiger partial charge is 0.359 e. The molecule has 0 aromatic heterocycles. The van der Waals surface area contributed by atoms with Crippen LogP contribution in [-0.2, 0) is 0 Å². The van der Waals surface area contributed by atoms with Crippen LogP contribution in [0.15, 0.2) is 17.0 Å². The summed E-state index contributed by atoms with van der Waals surface area (Å²) < 4.78 is 26.2.